The predicted molar refractivity (Wildman–Crippen MR) is 82.1 cm³/mol. The van der Waals surface area contributed by atoms with E-state index in [1.165, 1.54) is 0 Å². The highest BCUT2D eigenvalue weighted by molar-refractivity contribution is 5.95. The van der Waals surface area contributed by atoms with Crippen LogP contribution in [0.15, 0.2) is 48.7 Å². The summed E-state index contributed by atoms with van der Waals surface area (Å²) < 4.78 is 5.34. The number of carbonyl (C=O) groups excluding carboxylic acids is 1. The van der Waals surface area contributed by atoms with E-state index in [1.54, 1.807) is 24.4 Å². The third-order valence-electron chi connectivity index (χ3n) is 3.47. The summed E-state index contributed by atoms with van der Waals surface area (Å²) in [7, 11) is 0. The Balaban J connectivity index is 1.74. The summed E-state index contributed by atoms with van der Waals surface area (Å²) in [5.41, 5.74) is 3.08. The average Bonchev–Trinajstić information content (AvgIpc) is 2.53. The molecule has 112 valence electrons. The Morgan fingerprint density at radius 3 is 3.00 bits per heavy atom. The van der Waals surface area contributed by atoms with Crippen molar-refractivity contribution in [2.45, 2.75) is 19.8 Å². The Bertz CT molecular complexity index is 726. The van der Waals surface area contributed by atoms with Crippen molar-refractivity contribution in [1.82, 2.24) is 10.3 Å². The average molecular weight is 296 g/mol. The molecule has 1 atom stereocenters. The maximum atomic E-state index is 12.2. The number of nitrogens with zero attached hydrogens (tertiary/aromatic N) is 1. The molecule has 2 N–H and O–H groups in total. The summed E-state index contributed by atoms with van der Waals surface area (Å²) in [5.74, 6) is 0.303. The predicted octanol–water partition coefficient (Wildman–Crippen LogP) is 2.13. The molecule has 1 unspecified atom stereocenters. The molecule has 2 heterocycles. The number of nitrogens with one attached hydrogen (secondary N) is 1. The molecule has 22 heavy (non-hydrogen) atoms. The molecule has 3 rings (SSSR count). The number of aliphatic hydroxyl groups is 1. The first-order chi connectivity index (χ1) is 10.6. The molecule has 5 heteroatoms. The van der Waals surface area contributed by atoms with Gasteiger partial charge in [0.05, 0.1) is 12.2 Å². The van der Waals surface area contributed by atoms with Gasteiger partial charge >= 0.3 is 0 Å². The van der Waals surface area contributed by atoms with Gasteiger partial charge in [-0.3, -0.25) is 9.78 Å². The van der Waals surface area contributed by atoms with Gasteiger partial charge in [0, 0.05) is 17.3 Å². The van der Waals surface area contributed by atoms with Gasteiger partial charge in [-0.05, 0) is 42.8 Å². The molecule has 1 amide bonds. The van der Waals surface area contributed by atoms with Crippen LogP contribution in [0, 0.1) is 0 Å². The molecule has 1 aromatic carbocycles. The maximum Gasteiger partial charge on any atom is 0.251 e. The SMILES string of the molecule is CC1=CC(O)Oc2cc(C(=O)NCc3ccccn3)ccc21. The number of aliphatic hydroxyl groups excluding tert-OH is 1. The number of hydrogen-bond donors (Lipinski definition) is 2. The monoisotopic (exact) mass is 296 g/mol. The zero-order valence-corrected chi connectivity index (χ0v) is 12.1. The van der Waals surface area contributed by atoms with E-state index in [4.69, 9.17) is 4.74 Å². The van der Waals surface area contributed by atoms with E-state index < -0.39 is 6.29 Å². The van der Waals surface area contributed by atoms with Crippen LogP contribution in [0.5, 0.6) is 5.75 Å². The van der Waals surface area contributed by atoms with E-state index in [2.05, 4.69) is 10.3 Å². The number of fused-ring (bicyclic) bond motifs is 1. The normalized spacial score (nSPS) is 16.3. The van der Waals surface area contributed by atoms with Crippen LogP contribution in [0.4, 0.5) is 0 Å². The molecule has 0 fully saturated rings. The van der Waals surface area contributed by atoms with Gasteiger partial charge in [0.15, 0.2) is 0 Å². The van der Waals surface area contributed by atoms with Crippen molar-refractivity contribution in [3.8, 4) is 5.75 Å². The summed E-state index contributed by atoms with van der Waals surface area (Å²) in [4.78, 5) is 16.3. The molecule has 1 aliphatic rings. The highest BCUT2D eigenvalue weighted by Crippen LogP contribution is 2.31. The van der Waals surface area contributed by atoms with Gasteiger partial charge in [-0.2, -0.15) is 0 Å². The number of aromatic nitrogens is 1. The van der Waals surface area contributed by atoms with Crippen LogP contribution in [0.2, 0.25) is 0 Å². The van der Waals surface area contributed by atoms with Gasteiger partial charge in [0.2, 0.25) is 6.29 Å². The summed E-state index contributed by atoms with van der Waals surface area (Å²) in [6.45, 7) is 2.25. The van der Waals surface area contributed by atoms with Crippen LogP contribution < -0.4 is 10.1 Å². The molecule has 0 spiro atoms. The number of rotatable bonds is 3. The Morgan fingerprint density at radius 1 is 1.36 bits per heavy atom. The highest BCUT2D eigenvalue weighted by Gasteiger charge is 2.18. The second-order valence-electron chi connectivity index (χ2n) is 5.07. The summed E-state index contributed by atoms with van der Waals surface area (Å²) >= 11 is 0. The van der Waals surface area contributed by atoms with Crippen molar-refractivity contribution in [2.24, 2.45) is 0 Å². The minimum Gasteiger partial charge on any atom is -0.461 e. The van der Waals surface area contributed by atoms with Crippen molar-refractivity contribution in [3.63, 3.8) is 0 Å². The van der Waals surface area contributed by atoms with Gasteiger partial charge in [-0.25, -0.2) is 0 Å². The van der Waals surface area contributed by atoms with E-state index in [0.717, 1.165) is 16.8 Å². The Hall–Kier alpha value is -2.66. The lowest BCUT2D eigenvalue weighted by molar-refractivity contribution is 0.0224. The fourth-order valence-electron chi connectivity index (χ4n) is 2.33. The van der Waals surface area contributed by atoms with Crippen LogP contribution in [-0.4, -0.2) is 22.3 Å². The summed E-state index contributed by atoms with van der Waals surface area (Å²) in [5, 5.41) is 12.4. The molecule has 2 aromatic rings. The van der Waals surface area contributed by atoms with E-state index in [-0.39, 0.29) is 5.91 Å². The first kappa shape index (κ1) is 14.3. The topological polar surface area (TPSA) is 71.5 Å². The lowest BCUT2D eigenvalue weighted by Gasteiger charge is -2.21. The van der Waals surface area contributed by atoms with E-state index >= 15 is 0 Å². The minimum absolute atomic E-state index is 0.209. The van der Waals surface area contributed by atoms with Crippen molar-refractivity contribution in [3.05, 3.63) is 65.5 Å². The number of benzene rings is 1. The van der Waals surface area contributed by atoms with Crippen molar-refractivity contribution in [2.75, 3.05) is 0 Å². The molecular weight excluding hydrogens is 280 g/mol. The van der Waals surface area contributed by atoms with Gasteiger partial charge < -0.3 is 15.2 Å². The largest absolute Gasteiger partial charge is 0.461 e. The number of ether oxygens (including phenoxy) is 1. The fraction of sp³-hybridized carbons (Fsp3) is 0.176. The standard InChI is InChI=1S/C17H16N2O3/c1-11-8-16(20)22-15-9-12(5-6-14(11)15)17(21)19-10-13-4-2-3-7-18-13/h2-9,16,20H,10H2,1H3,(H,19,21). The Morgan fingerprint density at radius 2 is 2.23 bits per heavy atom. The smallest absolute Gasteiger partial charge is 0.251 e. The van der Waals surface area contributed by atoms with Gasteiger partial charge in [0.1, 0.15) is 5.75 Å². The van der Waals surface area contributed by atoms with Crippen LogP contribution in [0.3, 0.4) is 0 Å². The molecule has 0 saturated heterocycles. The third kappa shape index (κ3) is 2.99. The van der Waals surface area contributed by atoms with Crippen molar-refractivity contribution >= 4 is 11.5 Å². The van der Waals surface area contributed by atoms with Gasteiger partial charge in [-0.15, -0.1) is 0 Å². The lowest BCUT2D eigenvalue weighted by atomic mass is 10.0. The van der Waals surface area contributed by atoms with Crippen LogP contribution in [0.1, 0.15) is 28.5 Å². The minimum atomic E-state index is -0.973. The molecule has 5 nitrogen and oxygen atoms in total. The van der Waals surface area contributed by atoms with Crippen LogP contribution >= 0.6 is 0 Å². The number of allylic oxidation sites excluding steroid dienone is 1. The molecule has 1 aliphatic heterocycles. The maximum absolute atomic E-state index is 12.2. The number of amides is 1. The second-order valence-corrected chi connectivity index (χ2v) is 5.07. The molecule has 0 saturated carbocycles. The Labute approximate surface area is 128 Å². The van der Waals surface area contributed by atoms with E-state index in [9.17, 15) is 9.90 Å². The fourth-order valence-corrected chi connectivity index (χ4v) is 2.33. The van der Waals surface area contributed by atoms with Gasteiger partial charge in [0.25, 0.3) is 5.91 Å². The third-order valence-corrected chi connectivity index (χ3v) is 3.47. The first-order valence-electron chi connectivity index (χ1n) is 6.99. The Kier molecular flexibility index (Phi) is 3.89. The van der Waals surface area contributed by atoms with Crippen LogP contribution in [0.25, 0.3) is 5.57 Å². The highest BCUT2D eigenvalue weighted by atomic mass is 16.6. The zero-order chi connectivity index (χ0) is 15.5. The summed E-state index contributed by atoms with van der Waals surface area (Å²) in [6, 6.07) is 10.8. The molecule has 1 aromatic heterocycles. The van der Waals surface area contributed by atoms with Crippen LogP contribution in [-0.2, 0) is 6.54 Å². The van der Waals surface area contributed by atoms with E-state index in [0.29, 0.717) is 17.9 Å². The summed E-state index contributed by atoms with van der Waals surface area (Å²) in [6.07, 6.45) is 2.34. The quantitative estimate of drug-likeness (QED) is 0.910. The molecule has 0 bridgehead atoms. The second kappa shape index (κ2) is 5.99. The van der Waals surface area contributed by atoms with Crippen molar-refractivity contribution < 1.29 is 14.6 Å². The first-order valence-corrected chi connectivity index (χ1v) is 6.99. The zero-order valence-electron chi connectivity index (χ0n) is 12.1. The molecule has 0 radical (unpaired) electrons. The molecule has 0 aliphatic carbocycles. The lowest BCUT2D eigenvalue weighted by Crippen LogP contribution is -2.24. The number of carbonyl (C=O) groups is 1. The van der Waals surface area contributed by atoms with Gasteiger partial charge in [-0.1, -0.05) is 12.1 Å². The molecular formula is C17H16N2O3. The van der Waals surface area contributed by atoms with Crippen molar-refractivity contribution in [1.29, 1.82) is 0 Å². The van der Waals surface area contributed by atoms with E-state index in [1.807, 2.05) is 31.2 Å². The number of pyridine rings is 1. The number of hydrogen-bond acceptors (Lipinski definition) is 4.